The molecular weight excluding hydrogens is 321 g/mol. The van der Waals surface area contributed by atoms with Crippen LogP contribution in [0.5, 0.6) is 0 Å². The van der Waals surface area contributed by atoms with E-state index < -0.39 is 29.5 Å². The monoisotopic (exact) mass is 336 g/mol. The molecule has 1 atom stereocenters. The second-order valence-electron chi connectivity index (χ2n) is 5.50. The van der Waals surface area contributed by atoms with Crippen LogP contribution in [0.1, 0.15) is 23.6 Å². The maximum Gasteiger partial charge on any atom is 0.522 e. The summed E-state index contributed by atoms with van der Waals surface area (Å²) in [6, 6.07) is 7.27. The molecule has 1 aliphatic rings. The first-order chi connectivity index (χ1) is 9.46. The number of benzene rings is 1. The zero-order chi connectivity index (χ0) is 16.1. The summed E-state index contributed by atoms with van der Waals surface area (Å²) in [5.41, 5.74) is -3.15. The molecule has 8 heteroatoms. The van der Waals surface area contributed by atoms with Gasteiger partial charge in [-0.25, -0.2) is 0 Å². The van der Waals surface area contributed by atoms with Crippen LogP contribution < -0.4 is 0 Å². The molecule has 0 saturated carbocycles. The first kappa shape index (κ1) is 16.3. The van der Waals surface area contributed by atoms with Crippen molar-refractivity contribution in [3.63, 3.8) is 0 Å². The smallest absolute Gasteiger partial charge is 0.307 e. The van der Waals surface area contributed by atoms with Gasteiger partial charge in [-0.3, -0.25) is 0 Å². The molecule has 21 heavy (non-hydrogen) atoms. The van der Waals surface area contributed by atoms with Gasteiger partial charge in [0.1, 0.15) is 0 Å². The van der Waals surface area contributed by atoms with E-state index in [0.29, 0.717) is 0 Å². The second-order valence-corrected chi connectivity index (χ2v) is 11.4. The number of fused-ring (bicyclic) bond motifs is 1. The highest BCUT2D eigenvalue weighted by molar-refractivity contribution is 7.88. The normalized spacial score (nSPS) is 19.3. The van der Waals surface area contributed by atoms with Crippen LogP contribution in [0, 0.1) is 0 Å². The minimum atomic E-state index is -5.58. The van der Waals surface area contributed by atoms with Crippen molar-refractivity contribution in [2.45, 2.75) is 31.1 Å². The number of allylic oxidation sites excluding steroid dienone is 2. The van der Waals surface area contributed by atoms with Crippen molar-refractivity contribution in [2.75, 3.05) is 0 Å². The van der Waals surface area contributed by atoms with E-state index in [9.17, 15) is 21.6 Å². The zero-order valence-corrected chi connectivity index (χ0v) is 13.5. The highest BCUT2D eigenvalue weighted by Gasteiger charge is 2.52. The van der Waals surface area contributed by atoms with E-state index in [0.717, 1.165) is 16.7 Å². The van der Waals surface area contributed by atoms with Crippen LogP contribution in [-0.2, 0) is 14.0 Å². The van der Waals surface area contributed by atoms with E-state index in [2.05, 4.69) is 3.87 Å². The molecular formula is C13H15F3O3SSi. The van der Waals surface area contributed by atoms with Crippen LogP contribution in [0.2, 0.25) is 13.1 Å². The van der Waals surface area contributed by atoms with Crippen molar-refractivity contribution in [1.82, 2.24) is 0 Å². The molecule has 0 fully saturated rings. The number of halogens is 3. The van der Waals surface area contributed by atoms with E-state index in [1.165, 1.54) is 13.1 Å². The SMILES string of the molecule is CC1=CC([Si](C)(C)OS(=O)(=O)C(F)(F)F)c2ccccc21. The van der Waals surface area contributed by atoms with Gasteiger partial charge in [0, 0.05) is 5.54 Å². The van der Waals surface area contributed by atoms with Gasteiger partial charge in [0.05, 0.1) is 0 Å². The van der Waals surface area contributed by atoms with E-state index in [1.807, 2.05) is 19.1 Å². The minimum absolute atomic E-state index is 0.425. The maximum atomic E-state index is 12.5. The molecule has 0 spiro atoms. The maximum absolute atomic E-state index is 12.5. The van der Waals surface area contributed by atoms with Crippen LogP contribution in [0.4, 0.5) is 13.2 Å². The number of alkyl halides is 3. The Bertz CT molecular complexity index is 693. The van der Waals surface area contributed by atoms with Crippen LogP contribution in [0.15, 0.2) is 30.3 Å². The Morgan fingerprint density at radius 3 is 2.33 bits per heavy atom. The first-order valence-electron chi connectivity index (χ1n) is 6.25. The van der Waals surface area contributed by atoms with Crippen molar-refractivity contribution in [2.24, 2.45) is 0 Å². The predicted octanol–water partition coefficient (Wildman–Crippen LogP) is 3.80. The molecule has 0 N–H and O–H groups in total. The van der Waals surface area contributed by atoms with Gasteiger partial charge in [-0.2, -0.15) is 21.6 Å². The summed E-state index contributed by atoms with van der Waals surface area (Å²) in [4.78, 5) is 0. The highest BCUT2D eigenvalue weighted by atomic mass is 32.2. The molecule has 116 valence electrons. The Kier molecular flexibility index (Phi) is 3.84. The van der Waals surface area contributed by atoms with Crippen molar-refractivity contribution in [3.8, 4) is 0 Å². The molecule has 1 unspecified atom stereocenters. The third-order valence-electron chi connectivity index (χ3n) is 3.49. The average Bonchev–Trinajstić information content (AvgIpc) is 2.66. The van der Waals surface area contributed by atoms with E-state index >= 15 is 0 Å². The number of rotatable bonds is 3. The minimum Gasteiger partial charge on any atom is -0.307 e. The molecule has 0 aliphatic heterocycles. The van der Waals surface area contributed by atoms with Crippen LogP contribution in [0.3, 0.4) is 0 Å². The number of hydrogen-bond donors (Lipinski definition) is 0. The largest absolute Gasteiger partial charge is 0.522 e. The topological polar surface area (TPSA) is 43.4 Å². The lowest BCUT2D eigenvalue weighted by molar-refractivity contribution is -0.0504. The quantitative estimate of drug-likeness (QED) is 0.623. The first-order valence-corrected chi connectivity index (χ1v) is 10.6. The molecule has 0 saturated heterocycles. The second kappa shape index (κ2) is 4.96. The Labute approximate surface area is 122 Å². The summed E-state index contributed by atoms with van der Waals surface area (Å²) in [6.45, 7) is 4.81. The zero-order valence-electron chi connectivity index (χ0n) is 11.7. The fourth-order valence-corrected chi connectivity index (χ4v) is 7.22. The Balaban J connectivity index is 2.39. The lowest BCUT2D eigenvalue weighted by Crippen LogP contribution is -2.43. The third-order valence-corrected chi connectivity index (χ3v) is 8.63. The molecule has 1 aliphatic carbocycles. The molecule has 0 heterocycles. The van der Waals surface area contributed by atoms with Gasteiger partial charge in [0.15, 0.2) is 0 Å². The Morgan fingerprint density at radius 2 is 1.76 bits per heavy atom. The molecule has 3 nitrogen and oxygen atoms in total. The summed E-state index contributed by atoms with van der Waals surface area (Å²) in [5, 5.41) is 0. The standard InChI is InChI=1S/C13H15F3O3SSi/c1-9-8-12(11-7-5-4-6-10(9)11)21(2,3)19-20(17,18)13(14,15)16/h4-8,12H,1-3H3. The Hall–Kier alpha value is -1.12. The lowest BCUT2D eigenvalue weighted by Gasteiger charge is -2.28. The van der Waals surface area contributed by atoms with E-state index in [1.54, 1.807) is 18.2 Å². The van der Waals surface area contributed by atoms with Crippen molar-refractivity contribution < 1.29 is 25.5 Å². The summed E-state index contributed by atoms with van der Waals surface area (Å²) in [5.74, 6) is 0. The van der Waals surface area contributed by atoms with Crippen molar-refractivity contribution in [1.29, 1.82) is 0 Å². The van der Waals surface area contributed by atoms with Gasteiger partial charge in [-0.15, -0.1) is 0 Å². The molecule has 1 aromatic rings. The van der Waals surface area contributed by atoms with Crippen LogP contribution in [-0.4, -0.2) is 22.2 Å². The highest BCUT2D eigenvalue weighted by Crippen LogP contribution is 2.42. The summed E-state index contributed by atoms with van der Waals surface area (Å²) >= 11 is 0. The Morgan fingerprint density at radius 1 is 1.19 bits per heavy atom. The molecule has 0 aromatic heterocycles. The van der Waals surface area contributed by atoms with Crippen LogP contribution >= 0.6 is 0 Å². The summed E-state index contributed by atoms with van der Waals surface area (Å²) in [6.07, 6.45) is 1.79. The average molecular weight is 336 g/mol. The lowest BCUT2D eigenvalue weighted by atomic mass is 10.1. The summed E-state index contributed by atoms with van der Waals surface area (Å²) < 4.78 is 64.7. The fraction of sp³-hybridized carbons (Fsp3) is 0.385. The van der Waals surface area contributed by atoms with Crippen molar-refractivity contribution >= 4 is 24.0 Å². The molecule has 1 aromatic carbocycles. The van der Waals surface area contributed by atoms with Gasteiger partial charge >= 0.3 is 15.6 Å². The predicted molar refractivity (Wildman–Crippen MR) is 76.4 cm³/mol. The molecule has 0 radical (unpaired) electrons. The summed E-state index contributed by atoms with van der Waals surface area (Å²) in [7, 11) is -8.77. The number of hydrogen-bond acceptors (Lipinski definition) is 3. The van der Waals surface area contributed by atoms with E-state index in [4.69, 9.17) is 0 Å². The van der Waals surface area contributed by atoms with Gasteiger partial charge in [0.25, 0.3) is 0 Å². The van der Waals surface area contributed by atoms with E-state index in [-0.39, 0.29) is 0 Å². The molecule has 0 bridgehead atoms. The van der Waals surface area contributed by atoms with Gasteiger partial charge in [0.2, 0.25) is 8.32 Å². The van der Waals surface area contributed by atoms with Gasteiger partial charge in [-0.05, 0) is 36.7 Å². The fourth-order valence-electron chi connectivity index (χ4n) is 2.51. The molecule has 0 amide bonds. The van der Waals surface area contributed by atoms with Gasteiger partial charge in [-0.1, -0.05) is 30.3 Å². The third kappa shape index (κ3) is 2.92. The van der Waals surface area contributed by atoms with Crippen molar-refractivity contribution in [3.05, 3.63) is 41.5 Å². The van der Waals surface area contributed by atoms with Gasteiger partial charge < -0.3 is 3.87 Å². The van der Waals surface area contributed by atoms with Crippen LogP contribution in [0.25, 0.3) is 5.57 Å². The molecule has 2 rings (SSSR count).